The first kappa shape index (κ1) is 10.3. The molecule has 1 aliphatic rings. The van der Waals surface area contributed by atoms with Gasteiger partial charge in [-0.1, -0.05) is 0 Å². The smallest absolute Gasteiger partial charge is 0.119 e. The number of rotatable bonds is 3. The van der Waals surface area contributed by atoms with Crippen LogP contribution in [0.3, 0.4) is 0 Å². The van der Waals surface area contributed by atoms with Crippen LogP contribution in [0.5, 0.6) is 5.75 Å². The fourth-order valence-corrected chi connectivity index (χ4v) is 1.93. The predicted octanol–water partition coefficient (Wildman–Crippen LogP) is 0.469. The predicted molar refractivity (Wildman–Crippen MR) is 61.5 cm³/mol. The second-order valence-electron chi connectivity index (χ2n) is 3.78. The van der Waals surface area contributed by atoms with Gasteiger partial charge in [0.25, 0.3) is 0 Å². The van der Waals surface area contributed by atoms with Crippen molar-refractivity contribution in [2.45, 2.75) is 6.92 Å². The van der Waals surface area contributed by atoms with Crippen molar-refractivity contribution in [2.75, 3.05) is 37.7 Å². The molecule has 1 aliphatic heterocycles. The maximum Gasteiger partial charge on any atom is 0.119 e. The van der Waals surface area contributed by atoms with E-state index in [0.29, 0.717) is 0 Å². The van der Waals surface area contributed by atoms with E-state index in [1.165, 1.54) is 18.8 Å². The summed E-state index contributed by atoms with van der Waals surface area (Å²) in [6.45, 7) is 7.44. The second kappa shape index (κ2) is 5.03. The molecule has 0 radical (unpaired) electrons. The van der Waals surface area contributed by atoms with Crippen LogP contribution in [-0.2, 0) is 0 Å². The van der Waals surface area contributed by atoms with Gasteiger partial charge in [-0.25, -0.2) is 0 Å². The quantitative estimate of drug-likeness (QED) is 0.780. The van der Waals surface area contributed by atoms with Crippen molar-refractivity contribution in [1.82, 2.24) is 0 Å². The molecular weight excluding hydrogens is 188 g/mol. The minimum Gasteiger partial charge on any atom is -0.494 e. The number of hydrogen-bond donors (Lipinski definition) is 1. The Morgan fingerprint density at radius 3 is 2.47 bits per heavy atom. The maximum absolute atomic E-state index is 5.42. The number of benzene rings is 1. The van der Waals surface area contributed by atoms with Crippen LogP contribution in [0.25, 0.3) is 0 Å². The molecule has 15 heavy (non-hydrogen) atoms. The highest BCUT2D eigenvalue weighted by Crippen LogP contribution is 2.19. The Labute approximate surface area is 91.0 Å². The van der Waals surface area contributed by atoms with E-state index in [2.05, 4.69) is 34.5 Å². The molecule has 2 N–H and O–H groups in total. The molecular formula is C12H19N2O+. The summed E-state index contributed by atoms with van der Waals surface area (Å²) in [5, 5.41) is 2.37. The number of quaternary nitrogens is 1. The number of ether oxygens (including phenoxy) is 1. The topological polar surface area (TPSA) is 29.1 Å². The summed E-state index contributed by atoms with van der Waals surface area (Å²) in [6, 6.07) is 8.40. The van der Waals surface area contributed by atoms with E-state index < -0.39 is 0 Å². The van der Waals surface area contributed by atoms with E-state index in [-0.39, 0.29) is 0 Å². The molecule has 1 aromatic rings. The zero-order valence-electron chi connectivity index (χ0n) is 9.28. The molecule has 0 spiro atoms. The van der Waals surface area contributed by atoms with Crippen LogP contribution in [-0.4, -0.2) is 32.8 Å². The lowest BCUT2D eigenvalue weighted by Gasteiger charge is -2.27. The molecule has 3 heteroatoms. The number of nitrogens with zero attached hydrogens (tertiary/aromatic N) is 1. The van der Waals surface area contributed by atoms with Gasteiger partial charge in [0, 0.05) is 5.69 Å². The third kappa shape index (κ3) is 2.63. The normalized spacial score (nSPS) is 16.5. The lowest BCUT2D eigenvalue weighted by Crippen LogP contribution is -2.89. The lowest BCUT2D eigenvalue weighted by molar-refractivity contribution is -0.655. The summed E-state index contributed by atoms with van der Waals surface area (Å²) in [5.74, 6) is 0.963. The van der Waals surface area contributed by atoms with Crippen molar-refractivity contribution in [1.29, 1.82) is 0 Å². The number of hydrogen-bond acceptors (Lipinski definition) is 2. The zero-order valence-corrected chi connectivity index (χ0v) is 9.28. The molecule has 0 saturated carbocycles. The number of piperazine rings is 1. The Hall–Kier alpha value is -1.22. The average Bonchev–Trinajstić information content (AvgIpc) is 2.32. The van der Waals surface area contributed by atoms with Gasteiger partial charge in [-0.2, -0.15) is 0 Å². The Kier molecular flexibility index (Phi) is 3.45. The first-order valence-electron chi connectivity index (χ1n) is 5.69. The van der Waals surface area contributed by atoms with Crippen LogP contribution in [0.4, 0.5) is 5.69 Å². The summed E-state index contributed by atoms with van der Waals surface area (Å²) in [4.78, 5) is 2.43. The molecule has 1 aromatic carbocycles. The molecule has 0 aromatic heterocycles. The summed E-state index contributed by atoms with van der Waals surface area (Å²) in [6.07, 6.45) is 0. The number of anilines is 1. The van der Waals surface area contributed by atoms with Crippen molar-refractivity contribution >= 4 is 5.69 Å². The van der Waals surface area contributed by atoms with Crippen LogP contribution < -0.4 is 15.0 Å². The van der Waals surface area contributed by atoms with Crippen LogP contribution >= 0.6 is 0 Å². The lowest BCUT2D eigenvalue weighted by atomic mass is 10.2. The largest absolute Gasteiger partial charge is 0.494 e. The standard InChI is InChI=1S/C12H18N2O/c1-2-15-12-5-3-11(4-6-12)14-9-7-13-8-10-14/h3-6,13H,2,7-10H2,1H3/p+1. The molecule has 2 rings (SSSR count). The molecule has 0 atom stereocenters. The van der Waals surface area contributed by atoms with Gasteiger partial charge in [0.1, 0.15) is 5.75 Å². The molecule has 0 unspecified atom stereocenters. The zero-order chi connectivity index (χ0) is 10.5. The molecule has 82 valence electrons. The highest BCUT2D eigenvalue weighted by Gasteiger charge is 2.12. The van der Waals surface area contributed by atoms with E-state index >= 15 is 0 Å². The minimum atomic E-state index is 0.734. The monoisotopic (exact) mass is 207 g/mol. The van der Waals surface area contributed by atoms with E-state index in [4.69, 9.17) is 4.74 Å². The van der Waals surface area contributed by atoms with E-state index in [1.807, 2.05) is 6.92 Å². The van der Waals surface area contributed by atoms with Crippen molar-refractivity contribution in [2.24, 2.45) is 0 Å². The Bertz CT molecular complexity index is 291. The van der Waals surface area contributed by atoms with Gasteiger partial charge in [0.05, 0.1) is 32.8 Å². The Balaban J connectivity index is 2.02. The molecule has 3 nitrogen and oxygen atoms in total. The van der Waals surface area contributed by atoms with Crippen LogP contribution in [0.1, 0.15) is 6.92 Å². The molecule has 0 aliphatic carbocycles. The van der Waals surface area contributed by atoms with Crippen molar-refractivity contribution < 1.29 is 10.1 Å². The van der Waals surface area contributed by atoms with Crippen LogP contribution in [0, 0.1) is 0 Å². The Morgan fingerprint density at radius 1 is 1.20 bits per heavy atom. The third-order valence-electron chi connectivity index (χ3n) is 2.72. The molecule has 0 bridgehead atoms. The summed E-state index contributed by atoms with van der Waals surface area (Å²) >= 11 is 0. The fourth-order valence-electron chi connectivity index (χ4n) is 1.93. The van der Waals surface area contributed by atoms with Crippen molar-refractivity contribution in [3.63, 3.8) is 0 Å². The third-order valence-corrected chi connectivity index (χ3v) is 2.72. The molecule has 0 amide bonds. The summed E-state index contributed by atoms with van der Waals surface area (Å²) in [5.41, 5.74) is 1.31. The van der Waals surface area contributed by atoms with Gasteiger partial charge >= 0.3 is 0 Å². The summed E-state index contributed by atoms with van der Waals surface area (Å²) < 4.78 is 5.42. The van der Waals surface area contributed by atoms with Crippen LogP contribution in [0.15, 0.2) is 24.3 Å². The fraction of sp³-hybridized carbons (Fsp3) is 0.500. The van der Waals surface area contributed by atoms with Crippen molar-refractivity contribution in [3.8, 4) is 5.75 Å². The first-order valence-corrected chi connectivity index (χ1v) is 5.69. The number of nitrogens with two attached hydrogens (primary N) is 1. The van der Waals surface area contributed by atoms with E-state index in [1.54, 1.807) is 0 Å². The van der Waals surface area contributed by atoms with Gasteiger partial charge in [-0.05, 0) is 31.2 Å². The maximum atomic E-state index is 5.42. The summed E-state index contributed by atoms with van der Waals surface area (Å²) in [7, 11) is 0. The molecule has 1 fully saturated rings. The van der Waals surface area contributed by atoms with Gasteiger partial charge in [0.15, 0.2) is 0 Å². The second-order valence-corrected chi connectivity index (χ2v) is 3.78. The van der Waals surface area contributed by atoms with Crippen LogP contribution in [0.2, 0.25) is 0 Å². The highest BCUT2D eigenvalue weighted by molar-refractivity contribution is 5.49. The molecule has 1 heterocycles. The minimum absolute atomic E-state index is 0.734. The Morgan fingerprint density at radius 2 is 1.87 bits per heavy atom. The van der Waals surface area contributed by atoms with Crippen molar-refractivity contribution in [3.05, 3.63) is 24.3 Å². The van der Waals surface area contributed by atoms with Gasteiger partial charge in [-0.3, -0.25) is 0 Å². The van der Waals surface area contributed by atoms with Gasteiger partial charge in [0.2, 0.25) is 0 Å². The average molecular weight is 207 g/mol. The van der Waals surface area contributed by atoms with E-state index in [9.17, 15) is 0 Å². The van der Waals surface area contributed by atoms with Gasteiger partial charge < -0.3 is 15.0 Å². The first-order chi connectivity index (χ1) is 7.40. The SMILES string of the molecule is CCOc1ccc(N2CC[NH2+]CC2)cc1. The molecule has 1 saturated heterocycles. The van der Waals surface area contributed by atoms with Gasteiger partial charge in [-0.15, -0.1) is 0 Å². The highest BCUT2D eigenvalue weighted by atomic mass is 16.5. The van der Waals surface area contributed by atoms with E-state index in [0.717, 1.165) is 25.4 Å².